The zero-order valence-electron chi connectivity index (χ0n) is 12.0. The van der Waals surface area contributed by atoms with Crippen LogP contribution in [-0.2, 0) is 4.79 Å². The second kappa shape index (κ2) is 6.20. The molecule has 0 saturated heterocycles. The molecule has 0 radical (unpaired) electrons. The van der Waals surface area contributed by atoms with Gasteiger partial charge in [-0.2, -0.15) is 0 Å². The topological polar surface area (TPSA) is 38.3 Å². The molecule has 0 saturated carbocycles. The zero-order chi connectivity index (χ0) is 15.5. The van der Waals surface area contributed by atoms with E-state index in [0.717, 1.165) is 27.0 Å². The number of hydrogen-bond donors (Lipinski definition) is 1. The van der Waals surface area contributed by atoms with E-state index < -0.39 is 0 Å². The number of carbonyl (C=O) groups excluding carboxylic acids is 1. The van der Waals surface area contributed by atoms with Crippen molar-refractivity contribution in [2.75, 3.05) is 5.32 Å². The van der Waals surface area contributed by atoms with Crippen molar-refractivity contribution in [3.8, 4) is 5.75 Å². The Bertz CT molecular complexity index is 776. The highest BCUT2D eigenvalue weighted by Crippen LogP contribution is 2.26. The summed E-state index contributed by atoms with van der Waals surface area (Å²) in [5, 5.41) is 2.87. The summed E-state index contributed by atoms with van der Waals surface area (Å²) in [5.41, 5.74) is 3.29. The van der Waals surface area contributed by atoms with Gasteiger partial charge in [0.15, 0.2) is 0 Å². The Kier molecular flexibility index (Phi) is 4.11. The SMILES string of the molecule is Cc1ccc2c(c1)OC=CC(C(=O)Nc1ccc(Br)cc1)=C2. The Morgan fingerprint density at radius 3 is 2.68 bits per heavy atom. The molecule has 1 amide bonds. The van der Waals surface area contributed by atoms with Crippen molar-refractivity contribution in [1.29, 1.82) is 0 Å². The molecule has 2 aromatic carbocycles. The predicted octanol–water partition coefficient (Wildman–Crippen LogP) is 4.69. The molecule has 2 aromatic rings. The number of aryl methyl sites for hydroxylation is 1. The van der Waals surface area contributed by atoms with Crippen LogP contribution in [0.2, 0.25) is 0 Å². The van der Waals surface area contributed by atoms with Gasteiger partial charge in [-0.3, -0.25) is 4.79 Å². The average Bonchev–Trinajstić information content (AvgIpc) is 2.71. The molecule has 0 bridgehead atoms. The van der Waals surface area contributed by atoms with Crippen LogP contribution < -0.4 is 10.1 Å². The molecule has 4 heteroatoms. The number of nitrogens with one attached hydrogen (secondary N) is 1. The molecule has 0 aliphatic carbocycles. The summed E-state index contributed by atoms with van der Waals surface area (Å²) in [6.45, 7) is 2.00. The Morgan fingerprint density at radius 1 is 1.14 bits per heavy atom. The number of rotatable bonds is 2. The molecule has 1 N–H and O–H groups in total. The van der Waals surface area contributed by atoms with E-state index >= 15 is 0 Å². The van der Waals surface area contributed by atoms with Gasteiger partial charge >= 0.3 is 0 Å². The second-order valence-electron chi connectivity index (χ2n) is 5.02. The van der Waals surface area contributed by atoms with Gasteiger partial charge in [0.25, 0.3) is 5.91 Å². The smallest absolute Gasteiger partial charge is 0.255 e. The average molecular weight is 356 g/mol. The minimum atomic E-state index is -0.171. The summed E-state index contributed by atoms with van der Waals surface area (Å²) in [4.78, 5) is 12.4. The third-order valence-corrected chi connectivity index (χ3v) is 3.82. The standard InChI is InChI=1S/C18H14BrNO2/c1-12-2-3-13-11-14(8-9-22-17(13)10-12)18(21)20-16-6-4-15(19)5-7-16/h2-11H,1H3,(H,20,21). The van der Waals surface area contributed by atoms with Gasteiger partial charge in [-0.05, 0) is 55.0 Å². The number of halogens is 1. The molecule has 1 aliphatic heterocycles. The number of hydrogen-bond acceptors (Lipinski definition) is 2. The molecule has 0 atom stereocenters. The van der Waals surface area contributed by atoms with Crippen LogP contribution in [0.25, 0.3) is 6.08 Å². The minimum absolute atomic E-state index is 0.171. The summed E-state index contributed by atoms with van der Waals surface area (Å²) in [7, 11) is 0. The van der Waals surface area contributed by atoms with Crippen LogP contribution in [0, 0.1) is 6.92 Å². The Labute approximate surface area is 137 Å². The van der Waals surface area contributed by atoms with Crippen molar-refractivity contribution in [3.63, 3.8) is 0 Å². The highest BCUT2D eigenvalue weighted by molar-refractivity contribution is 9.10. The predicted molar refractivity (Wildman–Crippen MR) is 91.7 cm³/mol. The Balaban J connectivity index is 1.85. The van der Waals surface area contributed by atoms with Crippen LogP contribution in [0.15, 0.2) is 64.8 Å². The number of benzene rings is 2. The van der Waals surface area contributed by atoms with Crippen LogP contribution in [0.5, 0.6) is 5.75 Å². The molecule has 1 aliphatic rings. The molecular formula is C18H14BrNO2. The number of anilines is 1. The highest BCUT2D eigenvalue weighted by Gasteiger charge is 2.12. The van der Waals surface area contributed by atoms with Crippen molar-refractivity contribution in [2.24, 2.45) is 0 Å². The molecular weight excluding hydrogens is 342 g/mol. The van der Waals surface area contributed by atoms with Crippen molar-refractivity contribution in [1.82, 2.24) is 0 Å². The lowest BCUT2D eigenvalue weighted by Crippen LogP contribution is -2.12. The summed E-state index contributed by atoms with van der Waals surface area (Å²) >= 11 is 3.37. The number of ether oxygens (including phenoxy) is 1. The second-order valence-corrected chi connectivity index (χ2v) is 5.94. The first-order valence-electron chi connectivity index (χ1n) is 6.84. The van der Waals surface area contributed by atoms with Gasteiger partial charge < -0.3 is 10.1 Å². The van der Waals surface area contributed by atoms with Gasteiger partial charge in [0, 0.05) is 21.3 Å². The molecule has 22 heavy (non-hydrogen) atoms. The van der Waals surface area contributed by atoms with Gasteiger partial charge in [0.1, 0.15) is 5.75 Å². The fourth-order valence-electron chi connectivity index (χ4n) is 2.14. The van der Waals surface area contributed by atoms with E-state index in [4.69, 9.17) is 4.74 Å². The molecule has 0 aromatic heterocycles. The minimum Gasteiger partial charge on any atom is -0.464 e. The van der Waals surface area contributed by atoms with Crippen LogP contribution in [0.4, 0.5) is 5.69 Å². The molecule has 0 fully saturated rings. The highest BCUT2D eigenvalue weighted by atomic mass is 79.9. The van der Waals surface area contributed by atoms with E-state index in [-0.39, 0.29) is 5.91 Å². The first-order valence-corrected chi connectivity index (χ1v) is 7.63. The largest absolute Gasteiger partial charge is 0.464 e. The maximum Gasteiger partial charge on any atom is 0.255 e. The quantitative estimate of drug-likeness (QED) is 0.848. The lowest BCUT2D eigenvalue weighted by Gasteiger charge is -2.06. The van der Waals surface area contributed by atoms with Crippen LogP contribution in [0.1, 0.15) is 11.1 Å². The van der Waals surface area contributed by atoms with Gasteiger partial charge in [-0.25, -0.2) is 0 Å². The summed E-state index contributed by atoms with van der Waals surface area (Å²) in [5.74, 6) is 0.582. The monoisotopic (exact) mass is 355 g/mol. The van der Waals surface area contributed by atoms with Crippen molar-refractivity contribution >= 4 is 33.6 Å². The Hall–Kier alpha value is -2.33. The van der Waals surface area contributed by atoms with Gasteiger partial charge in [0.05, 0.1) is 6.26 Å². The lowest BCUT2D eigenvalue weighted by molar-refractivity contribution is -0.112. The molecule has 110 valence electrons. The summed E-state index contributed by atoms with van der Waals surface area (Å²) < 4.78 is 6.53. The van der Waals surface area contributed by atoms with Crippen LogP contribution in [0.3, 0.4) is 0 Å². The van der Waals surface area contributed by atoms with Crippen molar-refractivity contribution in [2.45, 2.75) is 6.92 Å². The summed E-state index contributed by atoms with van der Waals surface area (Å²) in [6, 6.07) is 13.3. The fraction of sp³-hybridized carbons (Fsp3) is 0.0556. The van der Waals surface area contributed by atoms with E-state index in [1.807, 2.05) is 55.5 Å². The lowest BCUT2D eigenvalue weighted by atomic mass is 10.1. The van der Waals surface area contributed by atoms with E-state index in [1.165, 1.54) is 6.26 Å². The fourth-order valence-corrected chi connectivity index (χ4v) is 2.40. The van der Waals surface area contributed by atoms with Crippen molar-refractivity contribution < 1.29 is 9.53 Å². The van der Waals surface area contributed by atoms with E-state index in [0.29, 0.717) is 5.57 Å². The number of amides is 1. The first kappa shape index (κ1) is 14.6. The molecule has 0 spiro atoms. The van der Waals surface area contributed by atoms with Gasteiger partial charge in [0.2, 0.25) is 0 Å². The third kappa shape index (κ3) is 3.28. The van der Waals surface area contributed by atoms with Gasteiger partial charge in [-0.1, -0.05) is 28.1 Å². The van der Waals surface area contributed by atoms with E-state index in [1.54, 1.807) is 6.08 Å². The summed E-state index contributed by atoms with van der Waals surface area (Å²) in [6.07, 6.45) is 5.04. The van der Waals surface area contributed by atoms with Crippen molar-refractivity contribution in [3.05, 3.63) is 76.0 Å². The number of carbonyl (C=O) groups is 1. The first-order chi connectivity index (χ1) is 10.6. The van der Waals surface area contributed by atoms with Crippen LogP contribution in [-0.4, -0.2) is 5.91 Å². The van der Waals surface area contributed by atoms with E-state index in [2.05, 4.69) is 21.2 Å². The third-order valence-electron chi connectivity index (χ3n) is 3.29. The van der Waals surface area contributed by atoms with Crippen LogP contribution >= 0.6 is 15.9 Å². The normalized spacial score (nSPS) is 12.7. The molecule has 0 unspecified atom stereocenters. The maximum absolute atomic E-state index is 12.4. The molecule has 1 heterocycles. The molecule has 3 rings (SSSR count). The zero-order valence-corrected chi connectivity index (χ0v) is 13.6. The Morgan fingerprint density at radius 2 is 1.91 bits per heavy atom. The van der Waals surface area contributed by atoms with Gasteiger partial charge in [-0.15, -0.1) is 0 Å². The molecule has 3 nitrogen and oxygen atoms in total. The maximum atomic E-state index is 12.4. The number of fused-ring (bicyclic) bond motifs is 1. The van der Waals surface area contributed by atoms with E-state index in [9.17, 15) is 4.79 Å².